The van der Waals surface area contributed by atoms with Gasteiger partial charge in [0.2, 0.25) is 5.91 Å². The molecule has 3 rings (SSSR count). The van der Waals surface area contributed by atoms with Gasteiger partial charge in [0.25, 0.3) is 0 Å². The van der Waals surface area contributed by atoms with Crippen molar-refractivity contribution in [1.82, 2.24) is 4.98 Å². The normalized spacial score (nSPS) is 10.2. The molecule has 26 heavy (non-hydrogen) atoms. The quantitative estimate of drug-likeness (QED) is 0.566. The monoisotopic (exact) mass is 338 g/mol. The van der Waals surface area contributed by atoms with Gasteiger partial charge in [-0.2, -0.15) is 0 Å². The van der Waals surface area contributed by atoms with Crippen LogP contribution < -0.4 is 5.32 Å². The van der Waals surface area contributed by atoms with Crippen molar-refractivity contribution < 1.29 is 4.79 Å². The van der Waals surface area contributed by atoms with Gasteiger partial charge in [-0.1, -0.05) is 47.9 Å². The lowest BCUT2D eigenvalue weighted by atomic mass is 10.1. The maximum Gasteiger partial charge on any atom is 0.248 e. The largest absolute Gasteiger partial charge is 0.322 e. The van der Waals surface area contributed by atoms with Crippen LogP contribution in [0.4, 0.5) is 5.69 Å². The summed E-state index contributed by atoms with van der Waals surface area (Å²) in [6.45, 7) is 2.02. The number of anilines is 1. The van der Waals surface area contributed by atoms with Crippen LogP contribution in [0.3, 0.4) is 0 Å². The molecular formula is C23H18N2O. The highest BCUT2D eigenvalue weighted by molar-refractivity contribution is 6.02. The third-order valence-corrected chi connectivity index (χ3v) is 3.60. The Kier molecular flexibility index (Phi) is 5.59. The Labute approximate surface area is 153 Å². The second-order valence-electron chi connectivity index (χ2n) is 5.78. The molecule has 1 heterocycles. The van der Waals surface area contributed by atoms with E-state index in [1.165, 1.54) is 6.08 Å². The summed E-state index contributed by atoms with van der Waals surface area (Å²) in [5, 5.41) is 2.86. The van der Waals surface area contributed by atoms with Crippen LogP contribution in [0, 0.1) is 18.8 Å². The summed E-state index contributed by atoms with van der Waals surface area (Å²) in [7, 11) is 0. The molecule has 3 nitrogen and oxygen atoms in total. The van der Waals surface area contributed by atoms with Gasteiger partial charge in [0.05, 0.1) is 0 Å². The molecule has 0 fully saturated rings. The first kappa shape index (κ1) is 17.2. The second kappa shape index (κ2) is 8.46. The topological polar surface area (TPSA) is 42.0 Å². The van der Waals surface area contributed by atoms with Crippen LogP contribution in [-0.2, 0) is 4.79 Å². The number of aromatic nitrogens is 1. The standard InChI is InChI=1S/C23H18N2O/c1-18-6-4-7-19(16-18)12-14-23(26)25-22-10-5-8-20(17-22)11-13-21-9-2-3-15-24-21/h2-10,12,14-17H,1H3,(H,25,26)/b14-12-. The molecule has 0 aliphatic carbocycles. The molecule has 126 valence electrons. The van der Waals surface area contributed by atoms with E-state index < -0.39 is 0 Å². The van der Waals surface area contributed by atoms with Crippen LogP contribution in [0.5, 0.6) is 0 Å². The molecule has 3 aromatic rings. The first-order valence-electron chi connectivity index (χ1n) is 8.28. The summed E-state index contributed by atoms with van der Waals surface area (Å²) in [6, 6.07) is 21.0. The van der Waals surface area contributed by atoms with Gasteiger partial charge < -0.3 is 5.32 Å². The van der Waals surface area contributed by atoms with E-state index >= 15 is 0 Å². The zero-order valence-corrected chi connectivity index (χ0v) is 14.4. The first-order chi connectivity index (χ1) is 12.7. The first-order valence-corrected chi connectivity index (χ1v) is 8.28. The summed E-state index contributed by atoms with van der Waals surface area (Å²) < 4.78 is 0. The number of carbonyl (C=O) groups excluding carboxylic acids is 1. The number of nitrogens with zero attached hydrogens (tertiary/aromatic N) is 1. The Bertz CT molecular complexity index is 995. The molecule has 2 aromatic carbocycles. The highest BCUT2D eigenvalue weighted by Crippen LogP contribution is 2.11. The second-order valence-corrected chi connectivity index (χ2v) is 5.78. The van der Waals surface area contributed by atoms with Gasteiger partial charge in [-0.3, -0.25) is 4.79 Å². The average molecular weight is 338 g/mol. The van der Waals surface area contributed by atoms with Crippen molar-refractivity contribution in [3.63, 3.8) is 0 Å². The summed E-state index contributed by atoms with van der Waals surface area (Å²) in [5.41, 5.74) is 4.39. The summed E-state index contributed by atoms with van der Waals surface area (Å²) in [5.74, 6) is 5.88. The summed E-state index contributed by atoms with van der Waals surface area (Å²) >= 11 is 0. The van der Waals surface area contributed by atoms with Gasteiger partial charge in [0, 0.05) is 23.5 Å². The van der Waals surface area contributed by atoms with Crippen LogP contribution in [0.25, 0.3) is 6.08 Å². The Balaban J connectivity index is 1.67. The molecule has 0 aliphatic heterocycles. The minimum Gasteiger partial charge on any atom is -0.322 e. The van der Waals surface area contributed by atoms with E-state index in [-0.39, 0.29) is 5.91 Å². The average Bonchev–Trinajstić information content (AvgIpc) is 2.66. The molecule has 1 amide bonds. The van der Waals surface area contributed by atoms with Gasteiger partial charge in [-0.25, -0.2) is 4.98 Å². The SMILES string of the molecule is Cc1cccc(/C=C\C(=O)Nc2cccc(C#Cc3ccccn3)c2)c1. The van der Waals surface area contributed by atoms with Crippen molar-refractivity contribution in [1.29, 1.82) is 0 Å². The lowest BCUT2D eigenvalue weighted by molar-refractivity contribution is -0.111. The molecule has 0 saturated heterocycles. The Morgan fingerprint density at radius 2 is 1.88 bits per heavy atom. The number of pyridine rings is 1. The highest BCUT2D eigenvalue weighted by Gasteiger charge is 1.99. The molecule has 1 N–H and O–H groups in total. The predicted molar refractivity (Wildman–Crippen MR) is 106 cm³/mol. The van der Waals surface area contributed by atoms with E-state index in [0.29, 0.717) is 11.4 Å². The molecule has 0 aliphatic rings. The molecule has 0 bridgehead atoms. The third kappa shape index (κ3) is 5.19. The van der Waals surface area contributed by atoms with Gasteiger partial charge in [0.15, 0.2) is 0 Å². The predicted octanol–water partition coefficient (Wildman–Crippen LogP) is 4.44. The number of rotatable bonds is 3. The smallest absolute Gasteiger partial charge is 0.248 e. The molecular weight excluding hydrogens is 320 g/mol. The van der Waals surface area contributed by atoms with Crippen molar-refractivity contribution in [2.24, 2.45) is 0 Å². The van der Waals surface area contributed by atoms with Crippen molar-refractivity contribution >= 4 is 17.7 Å². The lowest BCUT2D eigenvalue weighted by Gasteiger charge is -2.02. The Morgan fingerprint density at radius 1 is 1.00 bits per heavy atom. The minimum atomic E-state index is -0.179. The van der Waals surface area contributed by atoms with Crippen LogP contribution in [-0.4, -0.2) is 10.9 Å². The van der Waals surface area contributed by atoms with Crippen molar-refractivity contribution in [3.05, 3.63) is 101 Å². The maximum atomic E-state index is 12.1. The highest BCUT2D eigenvalue weighted by atomic mass is 16.1. The van der Waals surface area contributed by atoms with Crippen molar-refractivity contribution in [3.8, 4) is 11.8 Å². The van der Waals surface area contributed by atoms with E-state index in [0.717, 1.165) is 16.7 Å². The van der Waals surface area contributed by atoms with Crippen molar-refractivity contribution in [2.75, 3.05) is 5.32 Å². The fraction of sp³-hybridized carbons (Fsp3) is 0.0435. The number of hydrogen-bond acceptors (Lipinski definition) is 2. The van der Waals surface area contributed by atoms with Gasteiger partial charge >= 0.3 is 0 Å². The molecule has 1 aromatic heterocycles. The Hall–Kier alpha value is -3.64. The number of benzene rings is 2. The van der Waals surface area contributed by atoms with E-state index in [1.54, 1.807) is 12.3 Å². The summed E-state index contributed by atoms with van der Waals surface area (Å²) in [4.78, 5) is 16.3. The fourth-order valence-corrected chi connectivity index (χ4v) is 2.38. The van der Waals surface area contributed by atoms with E-state index in [2.05, 4.69) is 22.1 Å². The van der Waals surface area contributed by atoms with Gasteiger partial charge in [-0.05, 0) is 54.8 Å². The Morgan fingerprint density at radius 3 is 2.69 bits per heavy atom. The van der Waals surface area contributed by atoms with E-state index in [9.17, 15) is 4.79 Å². The van der Waals surface area contributed by atoms with Crippen LogP contribution >= 0.6 is 0 Å². The molecule has 0 atom stereocenters. The molecule has 0 saturated carbocycles. The molecule has 3 heteroatoms. The zero-order valence-electron chi connectivity index (χ0n) is 14.4. The minimum absolute atomic E-state index is 0.179. The van der Waals surface area contributed by atoms with Crippen LogP contribution in [0.1, 0.15) is 22.4 Å². The maximum absolute atomic E-state index is 12.1. The number of aryl methyl sites for hydroxylation is 1. The number of amides is 1. The van der Waals surface area contributed by atoms with E-state index in [1.807, 2.05) is 73.7 Å². The molecule has 0 spiro atoms. The van der Waals surface area contributed by atoms with Crippen LogP contribution in [0.2, 0.25) is 0 Å². The number of nitrogens with one attached hydrogen (secondary N) is 1. The zero-order chi connectivity index (χ0) is 18.2. The van der Waals surface area contributed by atoms with Gasteiger partial charge in [-0.15, -0.1) is 0 Å². The number of hydrogen-bond donors (Lipinski definition) is 1. The molecule has 0 radical (unpaired) electrons. The van der Waals surface area contributed by atoms with E-state index in [4.69, 9.17) is 0 Å². The number of carbonyl (C=O) groups is 1. The van der Waals surface area contributed by atoms with Crippen molar-refractivity contribution in [2.45, 2.75) is 6.92 Å². The fourth-order valence-electron chi connectivity index (χ4n) is 2.38. The lowest BCUT2D eigenvalue weighted by Crippen LogP contribution is -2.07. The molecule has 0 unspecified atom stereocenters. The third-order valence-electron chi connectivity index (χ3n) is 3.60. The summed E-state index contributed by atoms with van der Waals surface area (Å²) in [6.07, 6.45) is 5.04. The van der Waals surface area contributed by atoms with Crippen LogP contribution in [0.15, 0.2) is 79.0 Å². The van der Waals surface area contributed by atoms with Gasteiger partial charge in [0.1, 0.15) is 5.69 Å².